The first-order valence-corrected chi connectivity index (χ1v) is 6.99. The van der Waals surface area contributed by atoms with Crippen LogP contribution in [0.25, 0.3) is 0 Å². The summed E-state index contributed by atoms with van der Waals surface area (Å²) in [5, 5.41) is 7.41. The van der Waals surface area contributed by atoms with E-state index in [1.54, 1.807) is 6.20 Å². The highest BCUT2D eigenvalue weighted by Crippen LogP contribution is 2.23. The Bertz CT molecular complexity index is 648. The number of aromatic nitrogens is 2. The van der Waals surface area contributed by atoms with Crippen molar-refractivity contribution < 1.29 is 4.42 Å². The fourth-order valence-corrected chi connectivity index (χ4v) is 2.13. The standard InChI is InChI=1S/C14H18ClN3O2/c1-4-7-18-14(19)13(15)11(8-16-18)17-10(3)12-6-5-9(2)20-12/h5-6,8,10,17H,4,7H2,1-3H3. The van der Waals surface area contributed by atoms with Gasteiger partial charge in [-0.15, -0.1) is 0 Å². The summed E-state index contributed by atoms with van der Waals surface area (Å²) in [6, 6.07) is 3.70. The highest BCUT2D eigenvalue weighted by molar-refractivity contribution is 6.32. The molecule has 2 aromatic rings. The Morgan fingerprint density at radius 1 is 1.50 bits per heavy atom. The second-order valence-electron chi connectivity index (χ2n) is 4.71. The van der Waals surface area contributed by atoms with Gasteiger partial charge in [0.2, 0.25) is 0 Å². The highest BCUT2D eigenvalue weighted by Gasteiger charge is 2.14. The van der Waals surface area contributed by atoms with Gasteiger partial charge in [0.25, 0.3) is 5.56 Å². The molecule has 0 saturated carbocycles. The molecule has 2 aromatic heterocycles. The lowest BCUT2D eigenvalue weighted by atomic mass is 10.2. The maximum absolute atomic E-state index is 12.0. The smallest absolute Gasteiger partial charge is 0.287 e. The van der Waals surface area contributed by atoms with Crippen LogP contribution in [0.2, 0.25) is 5.02 Å². The maximum atomic E-state index is 12.0. The van der Waals surface area contributed by atoms with Crippen LogP contribution in [-0.4, -0.2) is 9.78 Å². The first-order chi connectivity index (χ1) is 9.52. The van der Waals surface area contributed by atoms with E-state index in [-0.39, 0.29) is 16.6 Å². The van der Waals surface area contributed by atoms with Gasteiger partial charge in [0.1, 0.15) is 16.5 Å². The molecule has 1 N–H and O–H groups in total. The zero-order valence-electron chi connectivity index (χ0n) is 11.8. The third-order valence-corrected chi connectivity index (χ3v) is 3.35. The van der Waals surface area contributed by atoms with Gasteiger partial charge < -0.3 is 9.73 Å². The summed E-state index contributed by atoms with van der Waals surface area (Å²) in [6.45, 7) is 6.37. The SMILES string of the molecule is CCCn1ncc(NC(C)c2ccc(C)o2)c(Cl)c1=O. The number of rotatable bonds is 5. The molecule has 0 aliphatic rings. The third-order valence-electron chi connectivity index (χ3n) is 2.98. The van der Waals surface area contributed by atoms with Gasteiger partial charge in [-0.1, -0.05) is 18.5 Å². The Labute approximate surface area is 122 Å². The minimum Gasteiger partial charge on any atom is -0.464 e. The molecule has 0 aliphatic heterocycles. The van der Waals surface area contributed by atoms with Crippen molar-refractivity contribution in [2.24, 2.45) is 0 Å². The first-order valence-electron chi connectivity index (χ1n) is 6.61. The summed E-state index contributed by atoms with van der Waals surface area (Å²) in [6.07, 6.45) is 2.41. The van der Waals surface area contributed by atoms with Crippen molar-refractivity contribution in [2.45, 2.75) is 39.8 Å². The van der Waals surface area contributed by atoms with E-state index in [1.165, 1.54) is 4.68 Å². The van der Waals surface area contributed by atoms with E-state index in [0.29, 0.717) is 12.2 Å². The van der Waals surface area contributed by atoms with E-state index in [0.717, 1.165) is 17.9 Å². The predicted octanol–water partition coefficient (Wildman–Crippen LogP) is 3.38. The van der Waals surface area contributed by atoms with E-state index in [1.807, 2.05) is 32.9 Å². The molecule has 0 radical (unpaired) electrons. The zero-order chi connectivity index (χ0) is 14.7. The van der Waals surface area contributed by atoms with Crippen molar-refractivity contribution in [3.63, 3.8) is 0 Å². The lowest BCUT2D eigenvalue weighted by Crippen LogP contribution is -2.24. The summed E-state index contributed by atoms with van der Waals surface area (Å²) in [4.78, 5) is 12.0. The van der Waals surface area contributed by atoms with Crippen molar-refractivity contribution in [1.29, 1.82) is 0 Å². The summed E-state index contributed by atoms with van der Waals surface area (Å²) in [5.41, 5.74) is 0.243. The van der Waals surface area contributed by atoms with Crippen molar-refractivity contribution in [3.8, 4) is 0 Å². The van der Waals surface area contributed by atoms with Crippen LogP contribution in [0.3, 0.4) is 0 Å². The third kappa shape index (κ3) is 3.04. The summed E-state index contributed by atoms with van der Waals surface area (Å²) in [7, 11) is 0. The molecule has 0 saturated heterocycles. The van der Waals surface area contributed by atoms with Gasteiger partial charge in [-0.05, 0) is 32.4 Å². The summed E-state index contributed by atoms with van der Waals surface area (Å²) >= 11 is 6.10. The quantitative estimate of drug-likeness (QED) is 0.918. The van der Waals surface area contributed by atoms with Gasteiger partial charge in [0.15, 0.2) is 0 Å². The van der Waals surface area contributed by atoms with Crippen molar-refractivity contribution >= 4 is 17.3 Å². The maximum Gasteiger partial charge on any atom is 0.287 e. The molecule has 1 atom stereocenters. The Kier molecular flexibility index (Phi) is 4.49. The number of anilines is 1. The predicted molar refractivity (Wildman–Crippen MR) is 79.3 cm³/mol. The molecule has 20 heavy (non-hydrogen) atoms. The molecular formula is C14H18ClN3O2. The molecule has 0 amide bonds. The number of aryl methyl sites for hydroxylation is 2. The molecule has 2 rings (SSSR count). The van der Waals surface area contributed by atoms with E-state index in [2.05, 4.69) is 10.4 Å². The normalized spacial score (nSPS) is 12.4. The molecule has 0 bridgehead atoms. The molecule has 1 unspecified atom stereocenters. The number of nitrogens with one attached hydrogen (secondary N) is 1. The van der Waals surface area contributed by atoms with E-state index >= 15 is 0 Å². The molecule has 0 aromatic carbocycles. The monoisotopic (exact) mass is 295 g/mol. The van der Waals surface area contributed by atoms with Crippen LogP contribution in [0, 0.1) is 6.92 Å². The Morgan fingerprint density at radius 2 is 2.25 bits per heavy atom. The van der Waals surface area contributed by atoms with Gasteiger partial charge >= 0.3 is 0 Å². The first kappa shape index (κ1) is 14.7. The van der Waals surface area contributed by atoms with Crippen LogP contribution in [-0.2, 0) is 6.54 Å². The number of halogens is 1. The van der Waals surface area contributed by atoms with Gasteiger partial charge in [-0.25, -0.2) is 4.68 Å². The van der Waals surface area contributed by atoms with Crippen LogP contribution in [0.4, 0.5) is 5.69 Å². The van der Waals surface area contributed by atoms with Gasteiger partial charge in [0.05, 0.1) is 17.9 Å². The fourth-order valence-electron chi connectivity index (χ4n) is 1.93. The Balaban J connectivity index is 2.22. The average molecular weight is 296 g/mol. The van der Waals surface area contributed by atoms with Crippen LogP contribution < -0.4 is 10.9 Å². The molecule has 108 valence electrons. The van der Waals surface area contributed by atoms with Crippen LogP contribution in [0.5, 0.6) is 0 Å². The minimum atomic E-state index is -0.277. The lowest BCUT2D eigenvalue weighted by Gasteiger charge is -2.14. The summed E-state index contributed by atoms with van der Waals surface area (Å²) < 4.78 is 6.91. The van der Waals surface area contributed by atoms with Crippen molar-refractivity contribution in [1.82, 2.24) is 9.78 Å². The second kappa shape index (κ2) is 6.13. The molecule has 6 heteroatoms. The zero-order valence-corrected chi connectivity index (χ0v) is 12.6. The molecular weight excluding hydrogens is 278 g/mol. The number of furan rings is 1. The number of nitrogens with zero attached hydrogens (tertiary/aromatic N) is 2. The lowest BCUT2D eigenvalue weighted by molar-refractivity contribution is 0.466. The number of hydrogen-bond acceptors (Lipinski definition) is 4. The van der Waals surface area contributed by atoms with Crippen molar-refractivity contribution in [3.05, 3.63) is 45.2 Å². The highest BCUT2D eigenvalue weighted by atomic mass is 35.5. The molecule has 0 fully saturated rings. The number of hydrogen-bond donors (Lipinski definition) is 1. The van der Waals surface area contributed by atoms with Gasteiger partial charge in [-0.3, -0.25) is 4.79 Å². The van der Waals surface area contributed by atoms with Gasteiger partial charge in [0, 0.05) is 6.54 Å². The summed E-state index contributed by atoms with van der Waals surface area (Å²) in [5.74, 6) is 1.63. The molecule has 5 nitrogen and oxygen atoms in total. The largest absolute Gasteiger partial charge is 0.464 e. The molecule has 0 aliphatic carbocycles. The Morgan fingerprint density at radius 3 is 2.85 bits per heavy atom. The minimum absolute atomic E-state index is 0.0931. The fraction of sp³-hybridized carbons (Fsp3) is 0.429. The van der Waals surface area contributed by atoms with E-state index < -0.39 is 0 Å². The van der Waals surface area contributed by atoms with Crippen LogP contribution in [0.15, 0.2) is 27.5 Å². The average Bonchev–Trinajstić information content (AvgIpc) is 2.85. The molecule has 2 heterocycles. The second-order valence-corrected chi connectivity index (χ2v) is 5.09. The van der Waals surface area contributed by atoms with Crippen LogP contribution in [0.1, 0.15) is 37.8 Å². The molecule has 0 spiro atoms. The van der Waals surface area contributed by atoms with Crippen LogP contribution >= 0.6 is 11.6 Å². The topological polar surface area (TPSA) is 60.1 Å². The van der Waals surface area contributed by atoms with E-state index in [4.69, 9.17) is 16.0 Å². The Hall–Kier alpha value is -1.75. The van der Waals surface area contributed by atoms with Gasteiger partial charge in [-0.2, -0.15) is 5.10 Å². The van der Waals surface area contributed by atoms with E-state index in [9.17, 15) is 4.79 Å². The van der Waals surface area contributed by atoms with Crippen molar-refractivity contribution in [2.75, 3.05) is 5.32 Å².